The first kappa shape index (κ1) is 13.4. The zero-order chi connectivity index (χ0) is 15.0. The van der Waals surface area contributed by atoms with Gasteiger partial charge in [0.15, 0.2) is 5.76 Å². The normalized spacial score (nSPS) is 15.9. The predicted molar refractivity (Wildman–Crippen MR) is 74.8 cm³/mol. The molecule has 0 bridgehead atoms. The first-order chi connectivity index (χ1) is 10.0. The zero-order valence-electron chi connectivity index (χ0n) is 11.5. The number of rotatable bonds is 3. The molecule has 0 spiro atoms. The molecule has 6 heteroatoms. The lowest BCUT2D eigenvalue weighted by atomic mass is 10.2. The molecule has 0 saturated carbocycles. The van der Waals surface area contributed by atoms with E-state index in [2.05, 4.69) is 0 Å². The monoisotopic (exact) mass is 286 g/mol. The van der Waals surface area contributed by atoms with Crippen molar-refractivity contribution in [1.29, 1.82) is 0 Å². The van der Waals surface area contributed by atoms with Crippen LogP contribution in [-0.2, 0) is 9.59 Å². The number of fused-ring (bicyclic) bond motifs is 1. The van der Waals surface area contributed by atoms with Crippen LogP contribution in [0.1, 0.15) is 10.6 Å². The number of benzene rings is 1. The molecule has 1 fully saturated rings. The van der Waals surface area contributed by atoms with Gasteiger partial charge in [-0.2, -0.15) is 0 Å². The predicted octanol–water partition coefficient (Wildman–Crippen LogP) is 0.916. The number of nitrogens with zero attached hydrogens (tertiary/aromatic N) is 2. The maximum Gasteiger partial charge on any atom is 0.243 e. The third-order valence-electron chi connectivity index (χ3n) is 3.51. The van der Waals surface area contributed by atoms with E-state index in [0.717, 1.165) is 5.39 Å². The molecule has 1 saturated heterocycles. The number of furan rings is 1. The molecule has 0 atom stereocenters. The largest absolute Gasteiger partial charge is 0.453 e. The topological polar surface area (TPSA) is 70.8 Å². The number of ketones is 1. The summed E-state index contributed by atoms with van der Waals surface area (Å²) in [7, 11) is 1.57. The van der Waals surface area contributed by atoms with Crippen molar-refractivity contribution in [1.82, 2.24) is 9.80 Å². The van der Waals surface area contributed by atoms with Crippen LogP contribution in [0.15, 0.2) is 34.7 Å². The van der Waals surface area contributed by atoms with Crippen LogP contribution in [0.2, 0.25) is 0 Å². The van der Waals surface area contributed by atoms with Gasteiger partial charge in [-0.1, -0.05) is 18.2 Å². The Morgan fingerprint density at radius 3 is 2.71 bits per heavy atom. The van der Waals surface area contributed by atoms with Crippen molar-refractivity contribution in [3.63, 3.8) is 0 Å². The molecule has 6 nitrogen and oxygen atoms in total. The van der Waals surface area contributed by atoms with Crippen LogP contribution in [0.25, 0.3) is 11.0 Å². The molecule has 0 N–H and O–H groups in total. The molecular formula is C15H14N2O4. The first-order valence-electron chi connectivity index (χ1n) is 6.58. The quantitative estimate of drug-likeness (QED) is 0.787. The molecule has 3 rings (SSSR count). The molecule has 2 amide bonds. The van der Waals surface area contributed by atoms with Gasteiger partial charge in [0.25, 0.3) is 0 Å². The van der Waals surface area contributed by atoms with Crippen molar-refractivity contribution in [2.24, 2.45) is 0 Å². The van der Waals surface area contributed by atoms with Gasteiger partial charge in [0.05, 0.1) is 13.1 Å². The minimum atomic E-state index is -0.308. The zero-order valence-corrected chi connectivity index (χ0v) is 11.5. The van der Waals surface area contributed by atoms with E-state index in [1.807, 2.05) is 18.2 Å². The van der Waals surface area contributed by atoms with Gasteiger partial charge in [0.2, 0.25) is 17.6 Å². The average molecular weight is 286 g/mol. The summed E-state index contributed by atoms with van der Waals surface area (Å²) in [6.07, 6.45) is 0. The highest BCUT2D eigenvalue weighted by molar-refractivity contribution is 6.02. The highest BCUT2D eigenvalue weighted by Gasteiger charge is 2.29. The second-order valence-electron chi connectivity index (χ2n) is 5.07. The van der Waals surface area contributed by atoms with E-state index < -0.39 is 0 Å². The second kappa shape index (κ2) is 5.05. The van der Waals surface area contributed by atoms with Gasteiger partial charge in [-0.05, 0) is 12.1 Å². The van der Waals surface area contributed by atoms with Gasteiger partial charge in [0, 0.05) is 12.4 Å². The lowest BCUT2D eigenvalue weighted by molar-refractivity contribution is -0.148. The molecule has 1 aromatic carbocycles. The smallest absolute Gasteiger partial charge is 0.243 e. The van der Waals surface area contributed by atoms with Crippen LogP contribution in [0.5, 0.6) is 0 Å². The standard InChI is InChI=1S/C15H14N2O4/c1-16-8-15(20)17(9-14(16)19)7-11(18)13-6-10-4-2-3-5-12(10)21-13/h2-6H,7-9H2,1H3. The summed E-state index contributed by atoms with van der Waals surface area (Å²) in [4.78, 5) is 38.3. The van der Waals surface area contributed by atoms with Crippen LogP contribution in [0.4, 0.5) is 0 Å². The van der Waals surface area contributed by atoms with Crippen LogP contribution in [-0.4, -0.2) is 54.1 Å². The fourth-order valence-corrected chi connectivity index (χ4v) is 2.28. The number of piperazine rings is 1. The Labute approximate surface area is 120 Å². The Morgan fingerprint density at radius 2 is 1.95 bits per heavy atom. The molecule has 108 valence electrons. The van der Waals surface area contributed by atoms with Crippen LogP contribution < -0.4 is 0 Å². The summed E-state index contributed by atoms with van der Waals surface area (Å²) in [5, 5.41) is 0.835. The van der Waals surface area contributed by atoms with E-state index in [-0.39, 0.29) is 43.0 Å². The van der Waals surface area contributed by atoms with Gasteiger partial charge >= 0.3 is 0 Å². The van der Waals surface area contributed by atoms with Gasteiger partial charge in [-0.25, -0.2) is 0 Å². The fraction of sp³-hybridized carbons (Fsp3) is 0.267. The summed E-state index contributed by atoms with van der Waals surface area (Å²) in [5.41, 5.74) is 0.627. The molecule has 21 heavy (non-hydrogen) atoms. The number of carbonyl (C=O) groups is 3. The van der Waals surface area contributed by atoms with Crippen molar-refractivity contribution in [2.45, 2.75) is 0 Å². The molecule has 0 radical (unpaired) electrons. The molecule has 0 aliphatic carbocycles. The first-order valence-corrected chi connectivity index (χ1v) is 6.58. The minimum Gasteiger partial charge on any atom is -0.453 e. The number of carbonyl (C=O) groups excluding carboxylic acids is 3. The number of hydrogen-bond donors (Lipinski definition) is 0. The lowest BCUT2D eigenvalue weighted by Gasteiger charge is -2.30. The number of amides is 2. The van der Waals surface area contributed by atoms with E-state index in [1.165, 1.54) is 9.80 Å². The number of hydrogen-bond acceptors (Lipinski definition) is 4. The van der Waals surface area contributed by atoms with E-state index in [1.54, 1.807) is 19.2 Å². The third-order valence-corrected chi connectivity index (χ3v) is 3.51. The Bertz CT molecular complexity index is 701. The molecule has 2 aromatic rings. The van der Waals surface area contributed by atoms with Crippen LogP contribution >= 0.6 is 0 Å². The second-order valence-corrected chi connectivity index (χ2v) is 5.07. The molecule has 1 aliphatic rings. The summed E-state index contributed by atoms with van der Waals surface area (Å²) < 4.78 is 5.47. The van der Waals surface area contributed by atoms with Gasteiger partial charge in [-0.15, -0.1) is 0 Å². The van der Waals surface area contributed by atoms with Crippen molar-refractivity contribution in [3.05, 3.63) is 36.1 Å². The van der Waals surface area contributed by atoms with Crippen LogP contribution in [0.3, 0.4) is 0 Å². The summed E-state index contributed by atoms with van der Waals surface area (Å²) in [6, 6.07) is 8.95. The summed E-state index contributed by atoms with van der Waals surface area (Å²) in [6.45, 7) is -0.203. The Morgan fingerprint density at radius 1 is 1.19 bits per heavy atom. The van der Waals surface area contributed by atoms with Crippen LogP contribution in [0, 0.1) is 0 Å². The third kappa shape index (κ3) is 2.52. The number of Topliss-reactive ketones (excluding diaryl/α,β-unsaturated/α-hetero) is 1. The molecule has 2 heterocycles. The Hall–Kier alpha value is -2.63. The van der Waals surface area contributed by atoms with Crippen molar-refractivity contribution < 1.29 is 18.8 Å². The highest BCUT2D eigenvalue weighted by atomic mass is 16.3. The Balaban J connectivity index is 1.76. The van der Waals surface area contributed by atoms with E-state index >= 15 is 0 Å². The van der Waals surface area contributed by atoms with Crippen molar-refractivity contribution in [2.75, 3.05) is 26.7 Å². The number of likely N-dealkylation sites (N-methyl/N-ethyl adjacent to an activating group) is 1. The van der Waals surface area contributed by atoms with E-state index in [0.29, 0.717) is 5.58 Å². The number of para-hydroxylation sites is 1. The van der Waals surface area contributed by atoms with E-state index in [4.69, 9.17) is 4.42 Å². The molecule has 1 aliphatic heterocycles. The highest BCUT2D eigenvalue weighted by Crippen LogP contribution is 2.19. The fourth-order valence-electron chi connectivity index (χ4n) is 2.28. The van der Waals surface area contributed by atoms with Gasteiger partial charge < -0.3 is 14.2 Å². The van der Waals surface area contributed by atoms with E-state index in [9.17, 15) is 14.4 Å². The Kier molecular flexibility index (Phi) is 3.21. The average Bonchev–Trinajstić information content (AvgIpc) is 2.88. The molecular weight excluding hydrogens is 272 g/mol. The minimum absolute atomic E-state index is 0.00619. The summed E-state index contributed by atoms with van der Waals surface area (Å²) >= 11 is 0. The lowest BCUT2D eigenvalue weighted by Crippen LogP contribution is -2.53. The van der Waals surface area contributed by atoms with Crippen molar-refractivity contribution >= 4 is 28.6 Å². The van der Waals surface area contributed by atoms with Gasteiger partial charge in [-0.3, -0.25) is 14.4 Å². The SMILES string of the molecule is CN1CC(=O)N(CC(=O)c2cc3ccccc3o2)CC1=O. The summed E-state index contributed by atoms with van der Waals surface area (Å²) in [5.74, 6) is -0.513. The van der Waals surface area contributed by atoms with Crippen molar-refractivity contribution in [3.8, 4) is 0 Å². The maximum absolute atomic E-state index is 12.2. The maximum atomic E-state index is 12.2. The molecule has 0 unspecified atom stereocenters. The molecule has 1 aromatic heterocycles. The van der Waals surface area contributed by atoms with Gasteiger partial charge in [0.1, 0.15) is 12.1 Å².